The van der Waals surface area contributed by atoms with Gasteiger partial charge in [0, 0.05) is 25.6 Å². The summed E-state index contributed by atoms with van der Waals surface area (Å²) in [6.07, 6.45) is 1.59. The predicted molar refractivity (Wildman–Crippen MR) is 190 cm³/mol. The summed E-state index contributed by atoms with van der Waals surface area (Å²) in [5.41, 5.74) is 4.65. The largest absolute Gasteiger partial charge is 0.494 e. The molecule has 0 radical (unpaired) electrons. The van der Waals surface area contributed by atoms with Gasteiger partial charge in [0.15, 0.2) is 17.3 Å². The number of nitrogens with zero attached hydrogens (tertiary/aromatic N) is 3. The quantitative estimate of drug-likeness (QED) is 0.126. The van der Waals surface area contributed by atoms with Crippen molar-refractivity contribution in [3.63, 3.8) is 0 Å². The number of benzene rings is 4. The molecule has 1 heterocycles. The Balaban J connectivity index is 1.60. The lowest BCUT2D eigenvalue weighted by molar-refractivity contribution is 0.265. The van der Waals surface area contributed by atoms with Gasteiger partial charge < -0.3 is 18.9 Å². The molecule has 238 valence electrons. The van der Waals surface area contributed by atoms with Crippen LogP contribution in [0.15, 0.2) is 85.6 Å². The Morgan fingerprint density at radius 1 is 0.935 bits per heavy atom. The third-order valence-electron chi connectivity index (χ3n) is 7.47. The standard InChI is InChI=1S/C36H35Br2N3O5/c1-7-45-31-14-22(4)28(18-27(31)21(2)3)35-40-30-11-9-8-10-26(30)36(42)41(35)39-19-23-15-32(43-5)34(33(16-23)44-6)46-20-24-12-13-25(37)17-29(24)38/h8-19,21H,7,20H2,1-6H3. The van der Waals surface area contributed by atoms with Gasteiger partial charge in [-0.2, -0.15) is 9.78 Å². The average molecular weight is 750 g/mol. The van der Waals surface area contributed by atoms with E-state index in [1.165, 1.54) is 4.68 Å². The van der Waals surface area contributed by atoms with Crippen LogP contribution in [-0.2, 0) is 6.61 Å². The van der Waals surface area contributed by atoms with E-state index in [4.69, 9.17) is 29.0 Å². The number of fused-ring (bicyclic) bond motifs is 1. The van der Waals surface area contributed by atoms with E-state index in [1.54, 1.807) is 38.6 Å². The van der Waals surface area contributed by atoms with E-state index >= 15 is 0 Å². The number of rotatable bonds is 11. The molecule has 5 aromatic rings. The van der Waals surface area contributed by atoms with Crippen LogP contribution < -0.4 is 24.5 Å². The highest BCUT2D eigenvalue weighted by atomic mass is 79.9. The molecule has 10 heteroatoms. The van der Waals surface area contributed by atoms with Gasteiger partial charge in [-0.05, 0) is 79.4 Å². The molecular weight excluding hydrogens is 714 g/mol. The number of hydrogen-bond acceptors (Lipinski definition) is 7. The molecule has 4 aromatic carbocycles. The zero-order chi connectivity index (χ0) is 33.0. The first-order valence-corrected chi connectivity index (χ1v) is 16.4. The Bertz CT molecular complexity index is 1960. The van der Waals surface area contributed by atoms with E-state index in [2.05, 4.69) is 51.8 Å². The monoisotopic (exact) mass is 747 g/mol. The van der Waals surface area contributed by atoms with Crippen LogP contribution in [0.25, 0.3) is 22.3 Å². The number of aryl methyl sites for hydroxylation is 1. The Labute approximate surface area is 285 Å². The lowest BCUT2D eigenvalue weighted by Crippen LogP contribution is -2.21. The molecular formula is C36H35Br2N3O5. The van der Waals surface area contributed by atoms with Crippen molar-refractivity contribution in [1.82, 2.24) is 9.66 Å². The van der Waals surface area contributed by atoms with Crippen molar-refractivity contribution in [1.29, 1.82) is 0 Å². The van der Waals surface area contributed by atoms with E-state index < -0.39 is 0 Å². The van der Waals surface area contributed by atoms with E-state index in [0.29, 0.717) is 46.1 Å². The first kappa shape index (κ1) is 33.2. The second kappa shape index (κ2) is 14.5. The first-order valence-electron chi connectivity index (χ1n) is 14.8. The molecule has 0 aliphatic carbocycles. The van der Waals surface area contributed by atoms with Crippen molar-refractivity contribution in [3.05, 3.63) is 108 Å². The van der Waals surface area contributed by atoms with Crippen molar-refractivity contribution >= 4 is 49.0 Å². The molecule has 0 saturated carbocycles. The second-order valence-electron chi connectivity index (χ2n) is 10.9. The molecule has 0 unspecified atom stereocenters. The maximum absolute atomic E-state index is 13.9. The second-order valence-corrected chi connectivity index (χ2v) is 12.7. The van der Waals surface area contributed by atoms with Gasteiger partial charge >= 0.3 is 0 Å². The van der Waals surface area contributed by atoms with Gasteiger partial charge in [-0.25, -0.2) is 4.98 Å². The number of para-hydroxylation sites is 1. The van der Waals surface area contributed by atoms with Crippen LogP contribution >= 0.6 is 31.9 Å². The lowest BCUT2D eigenvalue weighted by atomic mass is 9.96. The molecule has 5 rings (SSSR count). The van der Waals surface area contributed by atoms with Crippen LogP contribution in [-0.4, -0.2) is 36.7 Å². The smallest absolute Gasteiger partial charge is 0.282 e. The van der Waals surface area contributed by atoms with Crippen LogP contribution in [0, 0.1) is 6.92 Å². The average Bonchev–Trinajstić information content (AvgIpc) is 3.04. The summed E-state index contributed by atoms with van der Waals surface area (Å²) >= 11 is 7.06. The van der Waals surface area contributed by atoms with Gasteiger partial charge in [-0.3, -0.25) is 4.79 Å². The molecule has 0 aliphatic rings. The summed E-state index contributed by atoms with van der Waals surface area (Å²) in [5, 5.41) is 5.16. The van der Waals surface area contributed by atoms with Crippen molar-refractivity contribution in [2.45, 2.75) is 40.2 Å². The highest BCUT2D eigenvalue weighted by molar-refractivity contribution is 9.11. The number of hydrogen-bond donors (Lipinski definition) is 0. The molecule has 0 saturated heterocycles. The van der Waals surface area contributed by atoms with Crippen molar-refractivity contribution in [3.8, 4) is 34.4 Å². The van der Waals surface area contributed by atoms with E-state index in [-0.39, 0.29) is 18.1 Å². The van der Waals surface area contributed by atoms with Gasteiger partial charge in [0.05, 0.1) is 37.9 Å². The van der Waals surface area contributed by atoms with Crippen molar-refractivity contribution in [2.24, 2.45) is 5.10 Å². The fraction of sp³-hybridized carbons (Fsp3) is 0.250. The number of methoxy groups -OCH3 is 2. The Kier molecular flexibility index (Phi) is 10.5. The van der Waals surface area contributed by atoms with Gasteiger partial charge in [-0.15, -0.1) is 0 Å². The number of aromatic nitrogens is 2. The summed E-state index contributed by atoms with van der Waals surface area (Å²) in [5.74, 6) is 2.82. The van der Waals surface area contributed by atoms with Gasteiger partial charge in [0.1, 0.15) is 12.4 Å². The van der Waals surface area contributed by atoms with Crippen molar-refractivity contribution < 1.29 is 18.9 Å². The molecule has 1 aromatic heterocycles. The maximum Gasteiger partial charge on any atom is 0.282 e. The third-order valence-corrected chi connectivity index (χ3v) is 8.70. The topological polar surface area (TPSA) is 84.2 Å². The third kappa shape index (κ3) is 6.98. The minimum absolute atomic E-state index is 0.190. The maximum atomic E-state index is 13.9. The Hall–Kier alpha value is -4.15. The minimum Gasteiger partial charge on any atom is -0.494 e. The summed E-state index contributed by atoms with van der Waals surface area (Å²) in [7, 11) is 3.13. The van der Waals surface area contributed by atoms with E-state index in [9.17, 15) is 4.79 Å². The number of ether oxygens (including phenoxy) is 4. The minimum atomic E-state index is -0.282. The zero-order valence-corrected chi connectivity index (χ0v) is 29.7. The van der Waals surface area contributed by atoms with Gasteiger partial charge in [-0.1, -0.05) is 63.9 Å². The van der Waals surface area contributed by atoms with Crippen LogP contribution in [0.4, 0.5) is 0 Å². The fourth-order valence-corrected chi connectivity index (χ4v) is 6.27. The van der Waals surface area contributed by atoms with Crippen molar-refractivity contribution in [2.75, 3.05) is 20.8 Å². The zero-order valence-electron chi connectivity index (χ0n) is 26.6. The van der Waals surface area contributed by atoms with Crippen LogP contribution in [0.5, 0.6) is 23.0 Å². The molecule has 46 heavy (non-hydrogen) atoms. The molecule has 0 amide bonds. The molecule has 0 atom stereocenters. The van der Waals surface area contributed by atoms with Gasteiger partial charge in [0.25, 0.3) is 5.56 Å². The molecule has 8 nitrogen and oxygen atoms in total. The number of halogens is 2. The fourth-order valence-electron chi connectivity index (χ4n) is 5.11. The Morgan fingerprint density at radius 2 is 1.65 bits per heavy atom. The SMILES string of the molecule is CCOc1cc(C)c(-c2nc3ccccc3c(=O)n2N=Cc2cc(OC)c(OCc3ccc(Br)cc3Br)c(OC)c2)cc1C(C)C. The Morgan fingerprint density at radius 3 is 2.30 bits per heavy atom. The van der Waals surface area contributed by atoms with E-state index in [1.807, 2.05) is 56.3 Å². The van der Waals surface area contributed by atoms with E-state index in [0.717, 1.165) is 36.9 Å². The van der Waals surface area contributed by atoms with Gasteiger partial charge in [0.2, 0.25) is 5.75 Å². The normalized spacial score (nSPS) is 11.4. The lowest BCUT2D eigenvalue weighted by Gasteiger charge is -2.18. The first-order chi connectivity index (χ1) is 22.1. The summed E-state index contributed by atoms with van der Waals surface area (Å²) < 4.78 is 26.7. The molecule has 0 N–H and O–H groups in total. The summed E-state index contributed by atoms with van der Waals surface area (Å²) in [6.45, 7) is 9.02. The predicted octanol–water partition coefficient (Wildman–Crippen LogP) is 8.90. The van der Waals surface area contributed by atoms with Crippen LogP contribution in [0.1, 0.15) is 48.9 Å². The molecule has 0 aliphatic heterocycles. The molecule has 0 fully saturated rings. The molecule has 0 spiro atoms. The van der Waals surface area contributed by atoms with Crippen LogP contribution in [0.3, 0.4) is 0 Å². The van der Waals surface area contributed by atoms with Crippen LogP contribution in [0.2, 0.25) is 0 Å². The highest BCUT2D eigenvalue weighted by Gasteiger charge is 2.19. The summed E-state index contributed by atoms with van der Waals surface area (Å²) in [6, 6.07) is 20.8. The summed E-state index contributed by atoms with van der Waals surface area (Å²) in [4.78, 5) is 18.9. The molecule has 0 bridgehead atoms. The highest BCUT2D eigenvalue weighted by Crippen LogP contribution is 2.39.